The van der Waals surface area contributed by atoms with Gasteiger partial charge in [0.25, 0.3) is 0 Å². The van der Waals surface area contributed by atoms with Gasteiger partial charge in [0.1, 0.15) is 11.9 Å². The standard InChI is InChI=1S/C30H34F4N2O4S/c1-40-29-17-23(41(2,38)39)11-13-28(29)35-14-4-6-20-15-24-19(8-9-21(20)18-30(32,33)34)5-3-7-26(24)36-27-12-10-22(37)16-25(27)31/h3,5,7,11,13,15,17,21-22,25,27,35-37H,8-10,12,14,16,18H2,1-2H3/t21?,22?,25-,27+/m0/s1. The van der Waals surface area contributed by atoms with E-state index in [4.69, 9.17) is 4.74 Å². The highest BCUT2D eigenvalue weighted by Crippen LogP contribution is 2.38. The summed E-state index contributed by atoms with van der Waals surface area (Å²) in [5.74, 6) is 5.30. The number of alkyl halides is 4. The fourth-order valence-electron chi connectivity index (χ4n) is 5.31. The molecule has 1 saturated carbocycles. The molecule has 0 aliphatic heterocycles. The van der Waals surface area contributed by atoms with Gasteiger partial charge in [0.2, 0.25) is 0 Å². The number of benzene rings is 2. The van der Waals surface area contributed by atoms with Gasteiger partial charge in [-0.25, -0.2) is 12.8 Å². The third-order valence-corrected chi connectivity index (χ3v) is 8.57. The lowest BCUT2D eigenvalue weighted by atomic mass is 9.90. The molecule has 0 heterocycles. The molecule has 6 nitrogen and oxygen atoms in total. The Kier molecular flexibility index (Phi) is 9.55. The first-order valence-electron chi connectivity index (χ1n) is 13.4. The fraction of sp³-hybridized carbons (Fsp3) is 0.467. The number of aliphatic hydroxyl groups is 1. The smallest absolute Gasteiger partial charge is 0.389 e. The van der Waals surface area contributed by atoms with Crippen LogP contribution in [0.1, 0.15) is 43.2 Å². The second-order valence-electron chi connectivity index (χ2n) is 10.6. The molecule has 0 saturated heterocycles. The maximum absolute atomic E-state index is 14.7. The van der Waals surface area contributed by atoms with Crippen molar-refractivity contribution >= 4 is 27.3 Å². The Morgan fingerprint density at radius 3 is 2.59 bits per heavy atom. The summed E-state index contributed by atoms with van der Waals surface area (Å²) in [6.07, 6.45) is -2.89. The molecule has 4 rings (SSSR count). The first kappa shape index (κ1) is 30.7. The monoisotopic (exact) mass is 594 g/mol. The molecule has 2 unspecified atom stereocenters. The van der Waals surface area contributed by atoms with Crippen LogP contribution in [0.5, 0.6) is 5.75 Å². The molecule has 0 spiro atoms. The molecule has 4 atom stereocenters. The maximum Gasteiger partial charge on any atom is 0.389 e. The number of allylic oxidation sites excluding steroid dienone is 1. The summed E-state index contributed by atoms with van der Waals surface area (Å²) in [6.45, 7) is 0.0747. The van der Waals surface area contributed by atoms with Crippen molar-refractivity contribution in [2.45, 2.75) is 67.9 Å². The molecule has 0 aromatic heterocycles. The Balaban J connectivity index is 1.60. The van der Waals surface area contributed by atoms with E-state index in [1.807, 2.05) is 12.1 Å². The molecule has 222 valence electrons. The molecule has 1 fully saturated rings. The number of aliphatic hydroxyl groups excluding tert-OH is 1. The van der Waals surface area contributed by atoms with Crippen molar-refractivity contribution in [1.82, 2.24) is 0 Å². The summed E-state index contributed by atoms with van der Waals surface area (Å²) in [6, 6.07) is 9.32. The number of sulfone groups is 1. The van der Waals surface area contributed by atoms with Crippen molar-refractivity contribution in [2.24, 2.45) is 5.92 Å². The molecule has 0 bridgehead atoms. The number of halogens is 4. The van der Waals surface area contributed by atoms with E-state index >= 15 is 0 Å². The van der Waals surface area contributed by atoms with Gasteiger partial charge < -0.3 is 20.5 Å². The van der Waals surface area contributed by atoms with Gasteiger partial charge in [0.05, 0.1) is 42.8 Å². The van der Waals surface area contributed by atoms with Gasteiger partial charge >= 0.3 is 6.18 Å². The molecular formula is C30H34F4N2O4S. The van der Waals surface area contributed by atoms with Crippen LogP contribution in [0.3, 0.4) is 0 Å². The van der Waals surface area contributed by atoms with E-state index in [0.29, 0.717) is 47.5 Å². The van der Waals surface area contributed by atoms with Crippen molar-refractivity contribution in [3.63, 3.8) is 0 Å². The molecule has 3 N–H and O–H groups in total. The quantitative estimate of drug-likeness (QED) is 0.279. The second kappa shape index (κ2) is 12.7. The minimum absolute atomic E-state index is 0.0433. The van der Waals surface area contributed by atoms with Crippen molar-refractivity contribution in [1.29, 1.82) is 0 Å². The largest absolute Gasteiger partial charge is 0.495 e. The van der Waals surface area contributed by atoms with Gasteiger partial charge in [-0.3, -0.25) is 0 Å². The van der Waals surface area contributed by atoms with Crippen LogP contribution >= 0.6 is 0 Å². The first-order chi connectivity index (χ1) is 19.3. The van der Waals surface area contributed by atoms with Gasteiger partial charge in [-0.05, 0) is 55.5 Å². The summed E-state index contributed by atoms with van der Waals surface area (Å²) in [7, 11) is -2.03. The number of hydrogen-bond acceptors (Lipinski definition) is 6. The average molecular weight is 595 g/mol. The summed E-state index contributed by atoms with van der Waals surface area (Å²) in [4.78, 5) is 0.0937. The highest BCUT2D eigenvalue weighted by atomic mass is 32.2. The third-order valence-electron chi connectivity index (χ3n) is 7.46. The molecule has 41 heavy (non-hydrogen) atoms. The number of fused-ring (bicyclic) bond motifs is 1. The van der Waals surface area contributed by atoms with Crippen LogP contribution in [-0.2, 0) is 16.3 Å². The molecule has 11 heteroatoms. The number of anilines is 2. The predicted octanol–water partition coefficient (Wildman–Crippen LogP) is 5.78. The van der Waals surface area contributed by atoms with Gasteiger partial charge in [0, 0.05) is 41.5 Å². The van der Waals surface area contributed by atoms with Gasteiger partial charge in [0.15, 0.2) is 9.84 Å². The summed E-state index contributed by atoms with van der Waals surface area (Å²) >= 11 is 0. The van der Waals surface area contributed by atoms with Crippen LogP contribution in [0.25, 0.3) is 6.08 Å². The third kappa shape index (κ3) is 8.17. The number of hydrogen-bond donors (Lipinski definition) is 3. The summed E-state index contributed by atoms with van der Waals surface area (Å²) in [5.41, 5.74) is 3.02. The lowest BCUT2D eigenvalue weighted by molar-refractivity contribution is -0.141. The van der Waals surface area contributed by atoms with Crippen molar-refractivity contribution in [2.75, 3.05) is 30.5 Å². The highest BCUT2D eigenvalue weighted by Gasteiger charge is 2.35. The van der Waals surface area contributed by atoms with Crippen molar-refractivity contribution in [3.05, 3.63) is 53.1 Å². The molecule has 0 radical (unpaired) electrons. The van der Waals surface area contributed by atoms with Crippen LogP contribution < -0.4 is 15.4 Å². The van der Waals surface area contributed by atoms with E-state index in [9.17, 15) is 31.1 Å². The van der Waals surface area contributed by atoms with Gasteiger partial charge in [-0.1, -0.05) is 24.0 Å². The summed E-state index contributed by atoms with van der Waals surface area (Å²) in [5, 5.41) is 16.1. The minimum atomic E-state index is -4.37. The van der Waals surface area contributed by atoms with Gasteiger partial charge in [-0.2, -0.15) is 13.2 Å². The Morgan fingerprint density at radius 2 is 1.90 bits per heavy atom. The van der Waals surface area contributed by atoms with E-state index in [1.54, 1.807) is 18.2 Å². The lowest BCUT2D eigenvalue weighted by Gasteiger charge is -2.31. The Labute approximate surface area is 238 Å². The van der Waals surface area contributed by atoms with Crippen LogP contribution in [0, 0.1) is 17.8 Å². The summed E-state index contributed by atoms with van der Waals surface area (Å²) < 4.78 is 84.2. The Morgan fingerprint density at radius 1 is 1.12 bits per heavy atom. The van der Waals surface area contributed by atoms with E-state index in [1.165, 1.54) is 19.2 Å². The zero-order valence-corrected chi connectivity index (χ0v) is 23.7. The number of rotatable bonds is 7. The maximum atomic E-state index is 14.7. The average Bonchev–Trinajstić information content (AvgIpc) is 3.06. The zero-order valence-electron chi connectivity index (χ0n) is 22.9. The molecule has 2 aromatic carbocycles. The second-order valence-corrected chi connectivity index (χ2v) is 12.6. The SMILES string of the molecule is COc1cc(S(C)(=O)=O)ccc1NCC#CC1=Cc2c(cccc2N[C@@H]2CCC(O)C[C@@H]2F)CCC1CC(F)(F)F. The first-order valence-corrected chi connectivity index (χ1v) is 15.3. The number of nitrogens with one attached hydrogen (secondary N) is 2. The molecule has 2 aromatic rings. The number of ether oxygens (including phenoxy) is 1. The molecule has 0 amide bonds. The molecule has 2 aliphatic rings. The molecule has 2 aliphatic carbocycles. The van der Waals surface area contributed by atoms with Crippen LogP contribution in [0.2, 0.25) is 0 Å². The van der Waals surface area contributed by atoms with Crippen LogP contribution in [-0.4, -0.2) is 57.9 Å². The fourth-order valence-corrected chi connectivity index (χ4v) is 5.94. The predicted molar refractivity (Wildman–Crippen MR) is 151 cm³/mol. The van der Waals surface area contributed by atoms with Crippen molar-refractivity contribution < 1.29 is 35.8 Å². The lowest BCUT2D eigenvalue weighted by Crippen LogP contribution is -2.38. The Bertz CT molecular complexity index is 1450. The highest BCUT2D eigenvalue weighted by molar-refractivity contribution is 7.90. The Hall–Kier alpha value is -3.23. The van der Waals surface area contributed by atoms with Crippen LogP contribution in [0.4, 0.5) is 28.9 Å². The number of aryl methyl sites for hydroxylation is 1. The normalized spacial score (nSPS) is 22.9. The van der Waals surface area contributed by atoms with Crippen molar-refractivity contribution in [3.8, 4) is 17.6 Å². The zero-order chi connectivity index (χ0) is 29.8. The number of methoxy groups -OCH3 is 1. The van der Waals surface area contributed by atoms with E-state index < -0.39 is 46.7 Å². The van der Waals surface area contributed by atoms with Gasteiger partial charge in [-0.15, -0.1) is 0 Å². The van der Waals surface area contributed by atoms with Crippen LogP contribution in [0.15, 0.2) is 46.9 Å². The topological polar surface area (TPSA) is 87.7 Å². The minimum Gasteiger partial charge on any atom is -0.495 e. The van der Waals surface area contributed by atoms with E-state index in [0.717, 1.165) is 11.8 Å². The van der Waals surface area contributed by atoms with E-state index in [-0.39, 0.29) is 24.3 Å². The van der Waals surface area contributed by atoms with E-state index in [2.05, 4.69) is 22.5 Å². The molecular weight excluding hydrogens is 560 g/mol.